The first kappa shape index (κ1) is 19.4. The molecule has 0 aromatic carbocycles. The van der Waals surface area contributed by atoms with Crippen LogP contribution in [0.25, 0.3) is 0 Å². The summed E-state index contributed by atoms with van der Waals surface area (Å²) in [5.74, 6) is 1.22. The SMILES string of the molecule is Cc1ncc(C[n+]2csc(CCO)c2C)c(N)n1.O=S(=O)([O-])O. The van der Waals surface area contributed by atoms with Gasteiger partial charge in [0, 0.05) is 26.1 Å². The van der Waals surface area contributed by atoms with E-state index in [1.165, 1.54) is 4.88 Å². The van der Waals surface area contributed by atoms with Crippen LogP contribution < -0.4 is 10.3 Å². The molecule has 0 aliphatic heterocycles. The summed E-state index contributed by atoms with van der Waals surface area (Å²) in [6, 6.07) is 0. The van der Waals surface area contributed by atoms with Crippen LogP contribution in [0.2, 0.25) is 0 Å². The number of hydrogen-bond donors (Lipinski definition) is 3. The van der Waals surface area contributed by atoms with E-state index in [4.69, 9.17) is 28.4 Å². The molecule has 0 atom stereocenters. The highest BCUT2D eigenvalue weighted by molar-refractivity contribution is 7.79. The van der Waals surface area contributed by atoms with Crippen molar-refractivity contribution in [2.24, 2.45) is 0 Å². The second-order valence-corrected chi connectivity index (χ2v) is 6.38. The van der Waals surface area contributed by atoms with Gasteiger partial charge < -0.3 is 15.4 Å². The molecule has 0 spiro atoms. The van der Waals surface area contributed by atoms with Crippen molar-refractivity contribution >= 4 is 27.6 Å². The third-order valence-corrected chi connectivity index (χ3v) is 4.00. The number of nitrogens with two attached hydrogens (primary N) is 1. The molecule has 2 aromatic rings. The van der Waals surface area contributed by atoms with Gasteiger partial charge in [-0.25, -0.2) is 18.4 Å². The van der Waals surface area contributed by atoms with Gasteiger partial charge in [-0.05, 0) is 6.92 Å². The van der Waals surface area contributed by atoms with Gasteiger partial charge in [-0.2, -0.15) is 4.57 Å². The minimum atomic E-state index is -4.92. The number of thiazole rings is 1. The summed E-state index contributed by atoms with van der Waals surface area (Å²) in [6.45, 7) is 4.71. The van der Waals surface area contributed by atoms with Crippen LogP contribution in [-0.4, -0.2) is 39.2 Å². The van der Waals surface area contributed by atoms with Crippen LogP contribution in [0.5, 0.6) is 0 Å². The summed E-state index contributed by atoms with van der Waals surface area (Å²) in [5, 5.41) is 8.98. The van der Waals surface area contributed by atoms with E-state index in [-0.39, 0.29) is 6.61 Å². The van der Waals surface area contributed by atoms with Crippen molar-refractivity contribution in [1.29, 1.82) is 0 Å². The Labute approximate surface area is 138 Å². The van der Waals surface area contributed by atoms with Crippen molar-refractivity contribution in [3.8, 4) is 0 Å². The quantitative estimate of drug-likeness (QED) is 0.377. The van der Waals surface area contributed by atoms with Gasteiger partial charge in [-0.3, -0.25) is 4.55 Å². The van der Waals surface area contributed by atoms with E-state index in [0.29, 0.717) is 24.6 Å². The predicted octanol–water partition coefficient (Wildman–Crippen LogP) is -0.388. The number of hydrogen-bond acceptors (Lipinski definition) is 8. The van der Waals surface area contributed by atoms with E-state index in [1.54, 1.807) is 17.5 Å². The van der Waals surface area contributed by atoms with Gasteiger partial charge in [-0.15, -0.1) is 0 Å². The van der Waals surface area contributed by atoms with E-state index >= 15 is 0 Å². The van der Waals surface area contributed by atoms with Gasteiger partial charge in [-0.1, -0.05) is 11.3 Å². The smallest absolute Gasteiger partial charge is 0.225 e. The number of nitrogen functional groups attached to an aromatic ring is 1. The molecule has 23 heavy (non-hydrogen) atoms. The minimum Gasteiger partial charge on any atom is -0.726 e. The molecule has 2 aromatic heterocycles. The zero-order valence-corrected chi connectivity index (χ0v) is 14.3. The molecule has 2 rings (SSSR count). The van der Waals surface area contributed by atoms with Gasteiger partial charge in [0.05, 0.1) is 10.4 Å². The molecule has 0 aliphatic carbocycles. The Morgan fingerprint density at radius 1 is 1.43 bits per heavy atom. The lowest BCUT2D eigenvalue weighted by molar-refractivity contribution is -0.689. The van der Waals surface area contributed by atoms with Crippen molar-refractivity contribution in [1.82, 2.24) is 9.97 Å². The predicted molar refractivity (Wildman–Crippen MR) is 82.7 cm³/mol. The summed E-state index contributed by atoms with van der Waals surface area (Å²) in [5.41, 5.74) is 10.0. The lowest BCUT2D eigenvalue weighted by Gasteiger charge is -2.01. The lowest BCUT2D eigenvalue weighted by Crippen LogP contribution is -2.35. The maximum absolute atomic E-state index is 8.98. The minimum absolute atomic E-state index is 0.178. The fourth-order valence-corrected chi connectivity index (χ4v) is 2.75. The summed E-state index contributed by atoms with van der Waals surface area (Å²) in [6.07, 6.45) is 2.47. The van der Waals surface area contributed by atoms with E-state index in [9.17, 15) is 0 Å². The highest BCUT2D eigenvalue weighted by Gasteiger charge is 2.16. The number of aliphatic hydroxyl groups is 1. The molecule has 0 fully saturated rings. The Balaban J connectivity index is 0.000000463. The molecule has 11 heteroatoms. The topological polar surface area (TPSA) is 153 Å². The first-order valence-corrected chi connectivity index (χ1v) is 8.69. The highest BCUT2D eigenvalue weighted by Crippen LogP contribution is 2.13. The standard InChI is InChI=1S/C12H17N4OS.H2O4S/c1-8-11(3-4-17)18-7-16(8)6-10-5-14-9(2)15-12(10)13;1-5(2,3)4/h5,7,17H,3-4,6H2,1-2H3,(H2,13,14,15);(H2,1,2,3,4)/q+1;/p-1. The monoisotopic (exact) mass is 362 g/mol. The molecule has 0 amide bonds. The van der Waals surface area contributed by atoms with Crippen LogP contribution in [0.1, 0.15) is 22.0 Å². The molecule has 9 nitrogen and oxygen atoms in total. The van der Waals surface area contributed by atoms with E-state index in [0.717, 1.165) is 11.3 Å². The third kappa shape index (κ3) is 6.97. The first-order valence-electron chi connectivity index (χ1n) is 6.45. The summed E-state index contributed by atoms with van der Waals surface area (Å²) >= 11 is 1.65. The summed E-state index contributed by atoms with van der Waals surface area (Å²) in [7, 11) is -4.92. The van der Waals surface area contributed by atoms with E-state index in [2.05, 4.69) is 14.5 Å². The number of aryl methyl sites for hydroxylation is 1. The molecule has 128 valence electrons. The van der Waals surface area contributed by atoms with Crippen molar-refractivity contribution in [2.45, 2.75) is 26.8 Å². The lowest BCUT2D eigenvalue weighted by atomic mass is 10.2. The second kappa shape index (κ2) is 8.26. The van der Waals surface area contributed by atoms with E-state index in [1.807, 2.05) is 19.4 Å². The fraction of sp³-hybridized carbons (Fsp3) is 0.417. The van der Waals surface area contributed by atoms with Gasteiger partial charge >= 0.3 is 0 Å². The van der Waals surface area contributed by atoms with Crippen molar-refractivity contribution in [2.75, 3.05) is 12.3 Å². The molecule has 0 saturated heterocycles. The number of rotatable bonds is 4. The van der Waals surface area contributed by atoms with Crippen LogP contribution in [0.4, 0.5) is 5.82 Å². The Kier molecular flexibility index (Phi) is 6.97. The molecule has 0 bridgehead atoms. The highest BCUT2D eigenvalue weighted by atomic mass is 32.3. The largest absolute Gasteiger partial charge is 0.726 e. The van der Waals surface area contributed by atoms with E-state index < -0.39 is 10.4 Å². The Hall–Kier alpha value is -1.66. The van der Waals surface area contributed by atoms with Crippen LogP contribution >= 0.6 is 11.3 Å². The molecule has 0 aliphatic rings. The van der Waals surface area contributed by atoms with Gasteiger partial charge in [0.2, 0.25) is 15.9 Å². The normalized spacial score (nSPS) is 11.0. The molecule has 4 N–H and O–H groups in total. The average molecular weight is 362 g/mol. The second-order valence-electron chi connectivity index (χ2n) is 4.59. The summed E-state index contributed by atoms with van der Waals surface area (Å²) in [4.78, 5) is 9.53. The van der Waals surface area contributed by atoms with Crippen molar-refractivity contribution in [3.63, 3.8) is 0 Å². The number of nitrogens with zero attached hydrogens (tertiary/aromatic N) is 3. The molecular weight excluding hydrogens is 344 g/mol. The molecule has 0 radical (unpaired) electrons. The number of anilines is 1. The fourth-order valence-electron chi connectivity index (χ4n) is 1.77. The number of aliphatic hydroxyl groups excluding tert-OH is 1. The zero-order valence-electron chi connectivity index (χ0n) is 12.6. The molecule has 0 unspecified atom stereocenters. The van der Waals surface area contributed by atoms with Crippen molar-refractivity contribution in [3.05, 3.63) is 33.7 Å². The average Bonchev–Trinajstić information content (AvgIpc) is 2.73. The van der Waals surface area contributed by atoms with Gasteiger partial charge in [0.25, 0.3) is 0 Å². The Morgan fingerprint density at radius 2 is 2.04 bits per heavy atom. The maximum Gasteiger partial charge on any atom is 0.225 e. The van der Waals surface area contributed by atoms with Gasteiger partial charge in [0.1, 0.15) is 11.6 Å². The molecule has 0 saturated carbocycles. The van der Waals surface area contributed by atoms with Gasteiger partial charge in [0.15, 0.2) is 12.2 Å². The molecule has 2 heterocycles. The zero-order chi connectivity index (χ0) is 17.6. The van der Waals surface area contributed by atoms with Crippen LogP contribution in [0.3, 0.4) is 0 Å². The summed E-state index contributed by atoms with van der Waals surface area (Å²) < 4.78 is 34.9. The van der Waals surface area contributed by atoms with Crippen LogP contribution in [0.15, 0.2) is 11.7 Å². The van der Waals surface area contributed by atoms with Crippen LogP contribution in [-0.2, 0) is 23.4 Å². The maximum atomic E-state index is 8.98. The number of aromatic nitrogens is 3. The Bertz CT molecular complexity index is 753. The first-order chi connectivity index (χ1) is 10.6. The van der Waals surface area contributed by atoms with Crippen molar-refractivity contribution < 1.29 is 27.2 Å². The third-order valence-electron chi connectivity index (χ3n) is 2.85. The molecular formula is C12H18N4O5S2. The Morgan fingerprint density at radius 3 is 2.57 bits per heavy atom. The van der Waals surface area contributed by atoms with Crippen LogP contribution in [0, 0.1) is 13.8 Å².